The number of hydrogen-bond acceptors (Lipinski definition) is 6. The van der Waals surface area contributed by atoms with Crippen LogP contribution in [0.25, 0.3) is 21.9 Å². The van der Waals surface area contributed by atoms with Crippen LogP contribution in [-0.4, -0.2) is 37.1 Å². The molecule has 34 heavy (non-hydrogen) atoms. The minimum Gasteiger partial charge on any atom is -0.464 e. The highest BCUT2D eigenvalue weighted by Crippen LogP contribution is 2.29. The van der Waals surface area contributed by atoms with Gasteiger partial charge in [-0.15, -0.1) is 0 Å². The Kier molecular flexibility index (Phi) is 6.22. The van der Waals surface area contributed by atoms with Crippen molar-refractivity contribution >= 4 is 33.5 Å². The number of amides is 1. The maximum atomic E-state index is 12.6. The third-order valence-electron chi connectivity index (χ3n) is 6.52. The number of morpholine rings is 1. The number of furan rings is 1. The molecule has 1 aliphatic heterocycles. The van der Waals surface area contributed by atoms with Crippen LogP contribution in [0, 0.1) is 13.8 Å². The van der Waals surface area contributed by atoms with Crippen LogP contribution < -0.4 is 10.9 Å². The summed E-state index contributed by atoms with van der Waals surface area (Å²) in [5.41, 5.74) is 5.12. The van der Waals surface area contributed by atoms with E-state index in [1.807, 2.05) is 44.2 Å². The number of aryl methyl sites for hydroxylation is 2. The molecule has 1 aliphatic rings. The van der Waals surface area contributed by atoms with Gasteiger partial charge < -0.3 is 18.9 Å². The quantitative estimate of drug-likeness (QED) is 0.425. The van der Waals surface area contributed by atoms with E-state index < -0.39 is 5.63 Å². The molecule has 0 aliphatic carbocycles. The average molecular weight is 461 g/mol. The standard InChI is InChI=1S/C27H28N2O5/c1-17-16-33-24-14-25-23(13-22(17)24)18(2)21(27(31)34-25)7-8-26(30)28-20-5-3-19(4-6-20)15-29-9-11-32-12-10-29/h3-6,13-14,16H,7-12,15H2,1-2H3,(H,28,30). The van der Waals surface area contributed by atoms with E-state index in [0.717, 1.165) is 60.4 Å². The highest BCUT2D eigenvalue weighted by Gasteiger charge is 2.16. The summed E-state index contributed by atoms with van der Waals surface area (Å²) in [5, 5.41) is 4.78. The van der Waals surface area contributed by atoms with Crippen molar-refractivity contribution in [1.82, 2.24) is 4.90 Å². The first-order valence-electron chi connectivity index (χ1n) is 11.6. The molecule has 7 heteroatoms. The molecule has 1 amide bonds. The van der Waals surface area contributed by atoms with Gasteiger partial charge in [-0.05, 0) is 55.2 Å². The predicted octanol–water partition coefficient (Wildman–Crippen LogP) is 4.56. The molecule has 0 bridgehead atoms. The smallest absolute Gasteiger partial charge is 0.339 e. The summed E-state index contributed by atoms with van der Waals surface area (Å²) < 4.78 is 16.5. The van der Waals surface area contributed by atoms with Gasteiger partial charge in [0.05, 0.1) is 19.5 Å². The van der Waals surface area contributed by atoms with Gasteiger partial charge in [-0.1, -0.05) is 12.1 Å². The number of anilines is 1. The Morgan fingerprint density at radius 1 is 1.03 bits per heavy atom. The number of carbonyl (C=O) groups is 1. The zero-order chi connectivity index (χ0) is 23.7. The number of benzene rings is 2. The number of rotatable bonds is 6. The summed E-state index contributed by atoms with van der Waals surface area (Å²) in [4.78, 5) is 27.6. The van der Waals surface area contributed by atoms with Crippen LogP contribution in [0.4, 0.5) is 5.69 Å². The number of nitrogens with one attached hydrogen (secondary N) is 1. The lowest BCUT2D eigenvalue weighted by Crippen LogP contribution is -2.35. The fourth-order valence-corrected chi connectivity index (χ4v) is 4.50. The third kappa shape index (κ3) is 4.62. The fraction of sp³-hybridized carbons (Fsp3) is 0.333. The normalized spacial score (nSPS) is 14.6. The molecule has 1 saturated heterocycles. The van der Waals surface area contributed by atoms with Crippen LogP contribution >= 0.6 is 0 Å². The van der Waals surface area contributed by atoms with Crippen molar-refractivity contribution < 1.29 is 18.4 Å². The van der Waals surface area contributed by atoms with Crippen LogP contribution in [0.2, 0.25) is 0 Å². The van der Waals surface area contributed by atoms with Gasteiger partial charge >= 0.3 is 5.63 Å². The Morgan fingerprint density at radius 3 is 2.56 bits per heavy atom. The summed E-state index contributed by atoms with van der Waals surface area (Å²) in [7, 11) is 0. The van der Waals surface area contributed by atoms with Gasteiger partial charge in [-0.25, -0.2) is 4.79 Å². The number of hydrogen-bond donors (Lipinski definition) is 1. The maximum absolute atomic E-state index is 12.6. The van der Waals surface area contributed by atoms with Crippen LogP contribution in [0.15, 0.2) is 56.3 Å². The Hall–Kier alpha value is -3.42. The molecule has 2 aromatic carbocycles. The Labute approximate surface area is 197 Å². The fourth-order valence-electron chi connectivity index (χ4n) is 4.50. The Bertz CT molecular complexity index is 1390. The first-order chi connectivity index (χ1) is 16.5. The van der Waals surface area contributed by atoms with Crippen molar-refractivity contribution in [2.24, 2.45) is 0 Å². The number of fused-ring (bicyclic) bond motifs is 2. The van der Waals surface area contributed by atoms with Crippen molar-refractivity contribution in [3.05, 3.63) is 75.3 Å². The minimum atomic E-state index is -0.409. The molecule has 0 radical (unpaired) electrons. The van der Waals surface area contributed by atoms with Crippen LogP contribution in [-0.2, 0) is 22.5 Å². The molecule has 2 aromatic heterocycles. The van der Waals surface area contributed by atoms with E-state index in [4.69, 9.17) is 13.6 Å². The Balaban J connectivity index is 1.25. The SMILES string of the molecule is Cc1coc2cc3oc(=O)c(CCC(=O)Nc4ccc(CN5CCOCC5)cc4)c(C)c3cc12. The van der Waals surface area contributed by atoms with E-state index in [0.29, 0.717) is 23.2 Å². The summed E-state index contributed by atoms with van der Waals surface area (Å²) in [6.07, 6.45) is 2.20. The topological polar surface area (TPSA) is 84.9 Å². The molecule has 7 nitrogen and oxygen atoms in total. The van der Waals surface area contributed by atoms with Crippen LogP contribution in [0.1, 0.15) is 28.7 Å². The largest absolute Gasteiger partial charge is 0.464 e. The molecule has 0 saturated carbocycles. The summed E-state index contributed by atoms with van der Waals surface area (Å²) in [5.74, 6) is -0.138. The molecule has 176 valence electrons. The van der Waals surface area contributed by atoms with E-state index in [-0.39, 0.29) is 12.3 Å². The zero-order valence-corrected chi connectivity index (χ0v) is 19.5. The first-order valence-corrected chi connectivity index (χ1v) is 11.6. The maximum Gasteiger partial charge on any atom is 0.339 e. The molecule has 1 N–H and O–H groups in total. The molecular formula is C27H28N2O5. The molecule has 5 rings (SSSR count). The van der Waals surface area contributed by atoms with E-state index in [9.17, 15) is 9.59 Å². The molecule has 0 unspecified atom stereocenters. The molecule has 1 fully saturated rings. The zero-order valence-electron chi connectivity index (χ0n) is 19.5. The molecule has 4 aromatic rings. The average Bonchev–Trinajstić information content (AvgIpc) is 3.19. The van der Waals surface area contributed by atoms with Gasteiger partial charge in [0.1, 0.15) is 11.2 Å². The molecule has 3 heterocycles. The number of carbonyl (C=O) groups excluding carboxylic acids is 1. The second kappa shape index (κ2) is 9.44. The highest BCUT2D eigenvalue weighted by atomic mass is 16.5. The number of ether oxygens (including phenoxy) is 1. The lowest BCUT2D eigenvalue weighted by molar-refractivity contribution is -0.116. The van der Waals surface area contributed by atoms with Gasteiger partial charge in [-0.2, -0.15) is 0 Å². The van der Waals surface area contributed by atoms with Crippen molar-refractivity contribution in [1.29, 1.82) is 0 Å². The summed E-state index contributed by atoms with van der Waals surface area (Å²) in [6, 6.07) is 11.6. The van der Waals surface area contributed by atoms with Gasteiger partial charge in [0, 0.05) is 54.1 Å². The van der Waals surface area contributed by atoms with Crippen molar-refractivity contribution in [2.75, 3.05) is 31.6 Å². The van der Waals surface area contributed by atoms with Gasteiger partial charge in [0.2, 0.25) is 5.91 Å². The van der Waals surface area contributed by atoms with Crippen LogP contribution in [0.5, 0.6) is 0 Å². The lowest BCUT2D eigenvalue weighted by atomic mass is 10.0. The number of nitrogens with zero attached hydrogens (tertiary/aromatic N) is 1. The highest BCUT2D eigenvalue weighted by molar-refractivity contribution is 5.96. The lowest BCUT2D eigenvalue weighted by Gasteiger charge is -2.26. The summed E-state index contributed by atoms with van der Waals surface area (Å²) in [6.45, 7) is 8.18. The predicted molar refractivity (Wildman–Crippen MR) is 131 cm³/mol. The van der Waals surface area contributed by atoms with E-state index in [1.54, 1.807) is 12.3 Å². The third-order valence-corrected chi connectivity index (χ3v) is 6.52. The molecular weight excluding hydrogens is 432 g/mol. The second-order valence-corrected chi connectivity index (χ2v) is 8.89. The first kappa shape index (κ1) is 22.4. The Morgan fingerprint density at radius 2 is 1.79 bits per heavy atom. The molecule has 0 spiro atoms. The summed E-state index contributed by atoms with van der Waals surface area (Å²) >= 11 is 0. The van der Waals surface area contributed by atoms with Crippen molar-refractivity contribution in [3.63, 3.8) is 0 Å². The second-order valence-electron chi connectivity index (χ2n) is 8.89. The molecule has 0 atom stereocenters. The van der Waals surface area contributed by atoms with Gasteiger partial charge in [-0.3, -0.25) is 9.69 Å². The van der Waals surface area contributed by atoms with E-state index in [2.05, 4.69) is 10.2 Å². The monoisotopic (exact) mass is 460 g/mol. The van der Waals surface area contributed by atoms with Crippen molar-refractivity contribution in [2.45, 2.75) is 33.2 Å². The van der Waals surface area contributed by atoms with Crippen molar-refractivity contribution in [3.8, 4) is 0 Å². The van der Waals surface area contributed by atoms with Gasteiger partial charge in [0.15, 0.2) is 0 Å². The van der Waals surface area contributed by atoms with Crippen LogP contribution in [0.3, 0.4) is 0 Å². The van der Waals surface area contributed by atoms with Gasteiger partial charge in [0.25, 0.3) is 0 Å². The minimum absolute atomic E-state index is 0.138. The van der Waals surface area contributed by atoms with E-state index in [1.165, 1.54) is 5.56 Å². The van der Waals surface area contributed by atoms with E-state index >= 15 is 0 Å².